The Morgan fingerprint density at radius 2 is 1.63 bits per heavy atom. The standard InChI is InChI=1S/C10H12F5NO3/c11-9(12,10(13,14)15)8(19)16-5-3-1-2-4-6(16)7(17)18/h6H,1-5H2,(H,17,18). The molecule has 0 radical (unpaired) electrons. The highest BCUT2D eigenvalue weighted by atomic mass is 19.4. The smallest absolute Gasteiger partial charge is 0.463 e. The Bertz CT molecular complexity index is 369. The maximum absolute atomic E-state index is 13.0. The molecular weight excluding hydrogens is 277 g/mol. The van der Waals surface area contributed by atoms with Gasteiger partial charge in [0.05, 0.1) is 0 Å². The second kappa shape index (κ2) is 5.30. The first kappa shape index (κ1) is 15.6. The molecule has 1 aliphatic heterocycles. The average Bonchev–Trinajstić information content (AvgIpc) is 2.51. The lowest BCUT2D eigenvalue weighted by molar-refractivity contribution is -0.275. The van der Waals surface area contributed by atoms with Gasteiger partial charge in [0.2, 0.25) is 0 Å². The fraction of sp³-hybridized carbons (Fsp3) is 0.800. The van der Waals surface area contributed by atoms with E-state index in [2.05, 4.69) is 0 Å². The Hall–Kier alpha value is -1.41. The van der Waals surface area contributed by atoms with Gasteiger partial charge in [0.25, 0.3) is 0 Å². The quantitative estimate of drug-likeness (QED) is 0.791. The molecule has 0 aromatic heterocycles. The van der Waals surface area contributed by atoms with E-state index in [1.165, 1.54) is 0 Å². The van der Waals surface area contributed by atoms with E-state index in [-0.39, 0.29) is 17.7 Å². The minimum atomic E-state index is -6.03. The zero-order chi connectivity index (χ0) is 14.8. The van der Waals surface area contributed by atoms with Gasteiger partial charge in [-0.05, 0) is 12.8 Å². The van der Waals surface area contributed by atoms with E-state index in [0.717, 1.165) is 0 Å². The number of rotatable bonds is 2. The van der Waals surface area contributed by atoms with Gasteiger partial charge in [0.15, 0.2) is 0 Å². The summed E-state index contributed by atoms with van der Waals surface area (Å²) in [5, 5.41) is 8.83. The zero-order valence-corrected chi connectivity index (χ0v) is 9.71. The minimum Gasteiger partial charge on any atom is -0.480 e. The van der Waals surface area contributed by atoms with Crippen LogP contribution in [0.2, 0.25) is 0 Å². The molecule has 1 N–H and O–H groups in total. The number of alkyl halides is 5. The molecule has 0 bridgehead atoms. The minimum absolute atomic E-state index is 0.128. The molecular formula is C10H12F5NO3. The van der Waals surface area contributed by atoms with Crippen LogP contribution in [0, 0.1) is 0 Å². The molecule has 0 aromatic rings. The maximum Gasteiger partial charge on any atom is 0.463 e. The summed E-state index contributed by atoms with van der Waals surface area (Å²) >= 11 is 0. The third-order valence-corrected chi connectivity index (χ3v) is 2.92. The van der Waals surface area contributed by atoms with Crippen LogP contribution < -0.4 is 0 Å². The molecule has 1 amide bonds. The van der Waals surface area contributed by atoms with Gasteiger partial charge in [-0.15, -0.1) is 0 Å². The number of nitrogens with zero attached hydrogens (tertiary/aromatic N) is 1. The highest BCUT2D eigenvalue weighted by molar-refractivity contribution is 5.88. The average molecular weight is 289 g/mol. The number of carbonyl (C=O) groups is 2. The largest absolute Gasteiger partial charge is 0.480 e. The predicted molar refractivity (Wildman–Crippen MR) is 52.6 cm³/mol. The van der Waals surface area contributed by atoms with Crippen LogP contribution >= 0.6 is 0 Å². The van der Waals surface area contributed by atoms with Gasteiger partial charge in [0, 0.05) is 6.54 Å². The highest BCUT2D eigenvalue weighted by Crippen LogP contribution is 2.38. The van der Waals surface area contributed by atoms with Crippen molar-refractivity contribution in [3.05, 3.63) is 0 Å². The Morgan fingerprint density at radius 3 is 2.11 bits per heavy atom. The number of amides is 1. The molecule has 1 heterocycles. The Balaban J connectivity index is 3.03. The van der Waals surface area contributed by atoms with E-state index in [4.69, 9.17) is 5.11 Å². The van der Waals surface area contributed by atoms with E-state index >= 15 is 0 Å². The molecule has 1 saturated heterocycles. The van der Waals surface area contributed by atoms with Crippen molar-refractivity contribution in [2.75, 3.05) is 6.54 Å². The van der Waals surface area contributed by atoms with Crippen LogP contribution in [0.1, 0.15) is 25.7 Å². The Morgan fingerprint density at radius 1 is 1.05 bits per heavy atom. The molecule has 1 aliphatic rings. The second-order valence-electron chi connectivity index (χ2n) is 4.27. The normalized spacial score (nSPS) is 21.9. The lowest BCUT2D eigenvalue weighted by Gasteiger charge is -2.30. The van der Waals surface area contributed by atoms with Crippen LogP contribution in [0.3, 0.4) is 0 Å². The molecule has 19 heavy (non-hydrogen) atoms. The van der Waals surface area contributed by atoms with Crippen LogP contribution in [-0.2, 0) is 9.59 Å². The first-order valence-corrected chi connectivity index (χ1v) is 5.57. The number of likely N-dealkylation sites (tertiary alicyclic amines) is 1. The molecule has 0 aliphatic carbocycles. The fourth-order valence-electron chi connectivity index (χ4n) is 1.91. The number of carboxylic acids is 1. The van der Waals surface area contributed by atoms with Gasteiger partial charge in [-0.2, -0.15) is 22.0 Å². The molecule has 0 spiro atoms. The van der Waals surface area contributed by atoms with Crippen LogP contribution in [-0.4, -0.2) is 46.6 Å². The first-order chi connectivity index (χ1) is 8.59. The lowest BCUT2D eigenvalue weighted by Crippen LogP contribution is -2.56. The van der Waals surface area contributed by atoms with Crippen molar-refractivity contribution in [3.63, 3.8) is 0 Å². The van der Waals surface area contributed by atoms with E-state index in [1.807, 2.05) is 0 Å². The summed E-state index contributed by atoms with van der Waals surface area (Å²) in [6.07, 6.45) is -5.12. The molecule has 1 atom stereocenters. The third kappa shape index (κ3) is 3.13. The predicted octanol–water partition coefficient (Wildman–Crippen LogP) is 2.04. The molecule has 1 unspecified atom stereocenters. The Labute approximate surface area is 105 Å². The number of halogens is 5. The first-order valence-electron chi connectivity index (χ1n) is 5.57. The molecule has 9 heteroatoms. The van der Waals surface area contributed by atoms with E-state index in [1.54, 1.807) is 0 Å². The number of hydrogen-bond acceptors (Lipinski definition) is 2. The van der Waals surface area contributed by atoms with E-state index < -0.39 is 36.6 Å². The van der Waals surface area contributed by atoms with Crippen molar-refractivity contribution in [1.82, 2.24) is 4.90 Å². The summed E-state index contributed by atoms with van der Waals surface area (Å²) in [5.74, 6) is -9.63. The van der Waals surface area contributed by atoms with Gasteiger partial charge in [-0.3, -0.25) is 4.79 Å². The van der Waals surface area contributed by atoms with Crippen molar-refractivity contribution in [2.24, 2.45) is 0 Å². The zero-order valence-electron chi connectivity index (χ0n) is 9.71. The van der Waals surface area contributed by atoms with E-state index in [0.29, 0.717) is 12.8 Å². The summed E-state index contributed by atoms with van der Waals surface area (Å²) in [6, 6.07) is -1.64. The number of hydrogen-bond donors (Lipinski definition) is 1. The SMILES string of the molecule is O=C(O)C1CCCCCN1C(=O)C(F)(F)C(F)(F)F. The van der Waals surface area contributed by atoms with Crippen molar-refractivity contribution in [3.8, 4) is 0 Å². The summed E-state index contributed by atoms with van der Waals surface area (Å²) in [6.45, 7) is -0.415. The fourth-order valence-corrected chi connectivity index (χ4v) is 1.91. The molecule has 4 nitrogen and oxygen atoms in total. The van der Waals surface area contributed by atoms with Gasteiger partial charge >= 0.3 is 24.0 Å². The van der Waals surface area contributed by atoms with Crippen molar-refractivity contribution < 1.29 is 36.6 Å². The van der Waals surface area contributed by atoms with Gasteiger partial charge < -0.3 is 10.0 Å². The summed E-state index contributed by atoms with van der Waals surface area (Å²) in [4.78, 5) is 22.3. The summed E-state index contributed by atoms with van der Waals surface area (Å²) in [7, 11) is 0. The lowest BCUT2D eigenvalue weighted by atomic mass is 10.1. The van der Waals surface area contributed by atoms with Crippen LogP contribution in [0.5, 0.6) is 0 Å². The van der Waals surface area contributed by atoms with Gasteiger partial charge in [0.1, 0.15) is 6.04 Å². The topological polar surface area (TPSA) is 57.6 Å². The monoisotopic (exact) mass is 289 g/mol. The highest BCUT2D eigenvalue weighted by Gasteiger charge is 2.65. The van der Waals surface area contributed by atoms with E-state index in [9.17, 15) is 31.5 Å². The summed E-state index contributed by atoms with van der Waals surface area (Å²) in [5.41, 5.74) is 0. The van der Waals surface area contributed by atoms with Gasteiger partial charge in [-0.1, -0.05) is 12.8 Å². The van der Waals surface area contributed by atoms with Crippen molar-refractivity contribution in [2.45, 2.75) is 43.8 Å². The van der Waals surface area contributed by atoms with Gasteiger partial charge in [-0.25, -0.2) is 4.79 Å². The van der Waals surface area contributed by atoms with Crippen LogP contribution in [0.25, 0.3) is 0 Å². The Kier molecular flexibility index (Phi) is 4.36. The number of carboxylic acid groups (broad SMARTS) is 1. The molecule has 0 aromatic carbocycles. The summed E-state index contributed by atoms with van der Waals surface area (Å²) < 4.78 is 62.3. The van der Waals surface area contributed by atoms with Crippen LogP contribution in [0.4, 0.5) is 22.0 Å². The molecule has 110 valence electrons. The number of carbonyl (C=O) groups excluding carboxylic acids is 1. The third-order valence-electron chi connectivity index (χ3n) is 2.92. The number of aliphatic carboxylic acids is 1. The molecule has 1 fully saturated rings. The molecule has 1 rings (SSSR count). The van der Waals surface area contributed by atoms with Crippen molar-refractivity contribution >= 4 is 11.9 Å². The molecule has 0 saturated carbocycles. The second-order valence-corrected chi connectivity index (χ2v) is 4.27. The van der Waals surface area contributed by atoms with Crippen molar-refractivity contribution in [1.29, 1.82) is 0 Å². The maximum atomic E-state index is 13.0. The van der Waals surface area contributed by atoms with Crippen LogP contribution in [0.15, 0.2) is 0 Å².